The number of carbonyl (C=O) groups is 7. The first-order chi connectivity index (χ1) is 56.7. The van der Waals surface area contributed by atoms with Crippen LogP contribution in [0.4, 0.5) is 27.6 Å². The third kappa shape index (κ3) is 17.6. The van der Waals surface area contributed by atoms with E-state index in [1.54, 1.807) is 20.8 Å². The fourth-order valence-corrected chi connectivity index (χ4v) is 22.4. The predicted molar refractivity (Wildman–Crippen MR) is 469 cm³/mol. The smallest absolute Gasteiger partial charge is 0.238 e. The number of hydrogen-bond donors (Lipinski definition) is 1. The van der Waals surface area contributed by atoms with Gasteiger partial charge in [-0.3, -0.25) is 48.3 Å². The van der Waals surface area contributed by atoms with Crippen molar-refractivity contribution in [1.29, 1.82) is 0 Å². The molecule has 652 valence electrons. The molecule has 7 aliphatic heterocycles. The number of anilines is 1. The summed E-state index contributed by atoms with van der Waals surface area (Å²) in [4.78, 5) is 110. The minimum Gasteiger partial charge on any atom is -0.349 e. The van der Waals surface area contributed by atoms with Gasteiger partial charge in [-0.2, -0.15) is 0 Å². The number of nitrogens with one attached hydrogen (secondary N) is 1. The molecule has 15 rings (SSSR count). The zero-order chi connectivity index (χ0) is 88.1. The van der Waals surface area contributed by atoms with Gasteiger partial charge in [0, 0.05) is 184 Å². The molecule has 6 amide bonds. The van der Waals surface area contributed by atoms with E-state index in [0.717, 1.165) is 48.2 Å². The zero-order valence-electron chi connectivity index (χ0n) is 74.9. The molecule has 1 unspecified atom stereocenters. The Balaban J connectivity index is 0.000000157. The van der Waals surface area contributed by atoms with Crippen molar-refractivity contribution in [1.82, 2.24) is 39.6 Å². The zero-order valence-corrected chi connectivity index (χ0v) is 76.4. The van der Waals surface area contributed by atoms with Crippen LogP contribution in [0, 0.1) is 74.5 Å². The van der Waals surface area contributed by atoms with Gasteiger partial charge in [0.15, 0.2) is 5.78 Å². The Bertz CT molecular complexity index is 5000. The molecule has 0 bridgehead atoms. The molecule has 0 aromatic heterocycles. The highest BCUT2D eigenvalue weighted by molar-refractivity contribution is 9.10. The summed E-state index contributed by atoms with van der Waals surface area (Å²) in [5.41, 5.74) is 12.4. The number of rotatable bonds is 11. The average molecular weight is 1730 g/mol. The van der Waals surface area contributed by atoms with E-state index in [1.807, 2.05) is 62.6 Å². The Morgan fingerprint density at radius 1 is 0.488 bits per heavy atom. The van der Waals surface area contributed by atoms with Gasteiger partial charge in [-0.25, -0.2) is 22.0 Å². The first-order valence-electron chi connectivity index (χ1n) is 43.9. The van der Waals surface area contributed by atoms with Gasteiger partial charge in [0.25, 0.3) is 0 Å². The van der Waals surface area contributed by atoms with Crippen molar-refractivity contribution >= 4 is 62.8 Å². The molecule has 1 N–H and O–H groups in total. The summed E-state index contributed by atoms with van der Waals surface area (Å²) in [7, 11) is 0. The van der Waals surface area contributed by atoms with Crippen LogP contribution in [0.15, 0.2) is 102 Å². The third-order valence-electron chi connectivity index (χ3n) is 29.2. The van der Waals surface area contributed by atoms with Crippen molar-refractivity contribution in [3.63, 3.8) is 0 Å². The molecule has 2 aliphatic carbocycles. The molecule has 6 fully saturated rings. The maximum atomic E-state index is 15.1. The average Bonchev–Trinajstić information content (AvgIpc) is 1.56. The van der Waals surface area contributed by atoms with E-state index in [0.29, 0.717) is 137 Å². The van der Waals surface area contributed by atoms with Crippen LogP contribution in [-0.2, 0) is 51.4 Å². The van der Waals surface area contributed by atoms with Crippen LogP contribution < -0.4 is 10.2 Å². The van der Waals surface area contributed by atoms with Gasteiger partial charge >= 0.3 is 0 Å². The predicted octanol–water partition coefficient (Wildman–Crippen LogP) is 17.6. The molecule has 121 heavy (non-hydrogen) atoms. The Hall–Kier alpha value is -8.18. The molecule has 7 heterocycles. The number of carbonyl (C=O) groups excluding carboxylic acids is 7. The first-order valence-corrected chi connectivity index (χ1v) is 44.7. The fourth-order valence-electron chi connectivity index (χ4n) is 22.1. The summed E-state index contributed by atoms with van der Waals surface area (Å²) in [5, 5.41) is 3.16. The van der Waals surface area contributed by atoms with E-state index < -0.39 is 34.6 Å². The maximum absolute atomic E-state index is 15.1. The normalized spacial score (nSPS) is 23.9. The molecule has 0 saturated carbocycles. The van der Waals surface area contributed by atoms with E-state index in [9.17, 15) is 46.7 Å². The van der Waals surface area contributed by atoms with Crippen molar-refractivity contribution in [3.8, 4) is 0 Å². The number of aryl methyl sites for hydroxylation is 4. The van der Waals surface area contributed by atoms with Crippen LogP contribution in [0.1, 0.15) is 257 Å². The lowest BCUT2D eigenvalue weighted by Crippen LogP contribution is -2.58. The summed E-state index contributed by atoms with van der Waals surface area (Å²) >= 11 is 3.37. The highest BCUT2D eigenvalue weighted by atomic mass is 79.9. The SMILES string of the molecule is CC(=O)NC1CC2(CCN(C(=O)[C@@H]3CN(C(C)(C)C)C[C@H]3c3ccc(F)cc3F)CC2)c2cc(C)c(C)cc21.CC(=O)c1ccc2c(c1)C[C@@H](N(C(C)=O)C(C)C)C21CCN(C(=O)[C@@H]2CN(C(C)(C)C)C[C@H]2c2ccc(F)cc2F)CC1.Cc1cc2c(cc1C)C1(CCN(C(=O)[C@@H]3CN(C(C)(C)C)C[C@H]3c3ccc(Br)cc3F)CC1)C(=O)N2C(C)C. The standard InChI is InChI=1S/C35H45F2N3O3.C32H41BrFN3O2.C32H41F2N3O2/c1-21(2)40(23(4)42)32-17-25-16-24(22(3)41)8-11-30(25)35(32)12-14-38(15-13-35)33(43)29-20-39(34(5,6)7)19-28(29)27-10-9-26(36)18-31(27)37;1-19(2)37-28-15-21(4)20(3)14-26(28)32(30(37)39)10-12-35(13-11-32)29(38)25-18-36(31(5,6)7)17-24(25)23-9-8-22(33)16-27(23)34;1-19-13-24-27(14-20(19)2)32(16-29(24)35-21(3)38)9-11-36(12-10-32)30(39)26-18-37(31(4,5)6)17-25(26)23-8-7-22(33)15-28(23)34/h8-11,16,18,21,28-29,32H,12-15,17,19-20H2,1-7H3;8-9,14-16,19,24-25H,10-13,17-18H2,1-7H3;7-8,13-15,25-26,29H,9-12,16-18H2,1-6H3,(H,35,38)/t28-,29+,32+;24-,25+;25-,26+,29?/m000/s1. The molecular formula is C99H127BrF5N9O7. The number of benzene rings is 6. The van der Waals surface area contributed by atoms with Gasteiger partial charge in [-0.1, -0.05) is 64.5 Å². The van der Waals surface area contributed by atoms with Crippen LogP contribution in [0.25, 0.3) is 0 Å². The molecular weight excluding hydrogens is 1600 g/mol. The van der Waals surface area contributed by atoms with E-state index in [4.69, 9.17) is 0 Å². The number of piperidine rings is 3. The summed E-state index contributed by atoms with van der Waals surface area (Å²) in [6, 6.07) is 27.4. The molecule has 22 heteroatoms. The number of fused-ring (bicyclic) bond motifs is 6. The topological polar surface area (TPSA) is 157 Å². The molecule has 6 aromatic carbocycles. The Morgan fingerprint density at radius 3 is 1.32 bits per heavy atom. The summed E-state index contributed by atoms with van der Waals surface area (Å²) in [6.45, 7) is 47.2. The molecule has 3 spiro atoms. The van der Waals surface area contributed by atoms with Crippen molar-refractivity contribution < 1.29 is 55.5 Å². The molecule has 6 saturated heterocycles. The van der Waals surface area contributed by atoms with Crippen molar-refractivity contribution in [3.05, 3.63) is 203 Å². The monoisotopic (exact) mass is 1730 g/mol. The van der Waals surface area contributed by atoms with E-state index in [2.05, 4.69) is 170 Å². The highest BCUT2D eigenvalue weighted by Crippen LogP contribution is 2.55. The number of ketones is 1. The number of likely N-dealkylation sites (tertiary alicyclic amines) is 6. The van der Waals surface area contributed by atoms with Crippen molar-refractivity contribution in [2.75, 3.05) is 83.4 Å². The highest BCUT2D eigenvalue weighted by Gasteiger charge is 2.58. The lowest BCUT2D eigenvalue weighted by atomic mass is 9.70. The summed E-state index contributed by atoms with van der Waals surface area (Å²) in [5.74, 6) is -4.43. The largest absolute Gasteiger partial charge is 0.349 e. The van der Waals surface area contributed by atoms with Crippen LogP contribution in [0.2, 0.25) is 0 Å². The lowest BCUT2D eigenvalue weighted by molar-refractivity contribution is -0.140. The minimum absolute atomic E-state index is 0.00399. The number of hydrogen-bond acceptors (Lipinski definition) is 10. The molecule has 0 radical (unpaired) electrons. The van der Waals surface area contributed by atoms with Gasteiger partial charge in [0.1, 0.15) is 29.1 Å². The second-order valence-corrected chi connectivity index (χ2v) is 41.1. The van der Waals surface area contributed by atoms with Gasteiger partial charge in [0.2, 0.25) is 35.4 Å². The van der Waals surface area contributed by atoms with E-state index in [-0.39, 0.29) is 128 Å². The quantitative estimate of drug-likeness (QED) is 0.0978. The fraction of sp³-hybridized carbons (Fsp3) is 0.566. The Kier molecular flexibility index (Phi) is 25.7. The third-order valence-corrected chi connectivity index (χ3v) is 29.7. The second-order valence-electron chi connectivity index (χ2n) is 40.2. The van der Waals surface area contributed by atoms with Crippen molar-refractivity contribution in [2.45, 2.75) is 265 Å². The number of halogens is 6. The second kappa shape index (κ2) is 34.4. The molecule has 16 nitrogen and oxygen atoms in total. The number of Topliss-reactive ketones (excluding diaryl/α,β-unsaturated/α-hetero) is 1. The maximum Gasteiger partial charge on any atom is 0.238 e. The van der Waals surface area contributed by atoms with E-state index >= 15 is 8.78 Å². The van der Waals surface area contributed by atoms with Crippen LogP contribution >= 0.6 is 15.9 Å². The molecule has 8 atom stereocenters. The Labute approximate surface area is 722 Å². The van der Waals surface area contributed by atoms with E-state index in [1.165, 1.54) is 69.3 Å². The minimum atomic E-state index is -0.626. The van der Waals surface area contributed by atoms with Gasteiger partial charge < -0.3 is 29.8 Å². The number of nitrogens with zero attached hydrogens (tertiary/aromatic N) is 8. The van der Waals surface area contributed by atoms with Gasteiger partial charge in [0.05, 0.1) is 29.2 Å². The van der Waals surface area contributed by atoms with Gasteiger partial charge in [-0.05, 0) is 279 Å². The summed E-state index contributed by atoms with van der Waals surface area (Å²) < 4.78 is 73.3. The lowest BCUT2D eigenvalue weighted by Gasteiger charge is -2.49. The van der Waals surface area contributed by atoms with Crippen LogP contribution in [0.5, 0.6) is 0 Å². The number of amides is 6. The molecule has 9 aliphatic rings. The Morgan fingerprint density at radius 2 is 0.909 bits per heavy atom. The molecule has 6 aromatic rings. The van der Waals surface area contributed by atoms with Crippen LogP contribution in [0.3, 0.4) is 0 Å². The summed E-state index contributed by atoms with van der Waals surface area (Å²) in [6.07, 6.45) is 5.79. The van der Waals surface area contributed by atoms with Crippen LogP contribution in [-0.4, -0.2) is 189 Å². The van der Waals surface area contributed by atoms with Crippen molar-refractivity contribution in [2.24, 2.45) is 17.8 Å². The first kappa shape index (κ1) is 90.5. The van der Waals surface area contributed by atoms with Gasteiger partial charge in [-0.15, -0.1) is 0 Å².